The van der Waals surface area contributed by atoms with Gasteiger partial charge in [0.2, 0.25) is 0 Å². The number of anilines is 2. The van der Waals surface area contributed by atoms with E-state index in [1.165, 1.54) is 0 Å². The number of hydrogen-bond acceptors (Lipinski definition) is 2. The van der Waals surface area contributed by atoms with Crippen molar-refractivity contribution in [2.45, 2.75) is 6.92 Å². The molecule has 0 unspecified atom stereocenters. The van der Waals surface area contributed by atoms with E-state index in [9.17, 15) is 4.79 Å². The van der Waals surface area contributed by atoms with Gasteiger partial charge in [-0.1, -0.05) is 27.5 Å². The van der Waals surface area contributed by atoms with Crippen LogP contribution >= 0.6 is 27.5 Å². The fourth-order valence-electron chi connectivity index (χ4n) is 1.69. The van der Waals surface area contributed by atoms with Gasteiger partial charge in [0, 0.05) is 15.7 Å². The summed E-state index contributed by atoms with van der Waals surface area (Å²) in [6.45, 7) is 1.88. The largest absolute Gasteiger partial charge is 0.398 e. The van der Waals surface area contributed by atoms with Gasteiger partial charge in [-0.3, -0.25) is 4.79 Å². The first-order chi connectivity index (χ1) is 8.97. The first-order valence-electron chi connectivity index (χ1n) is 5.60. The maximum atomic E-state index is 12.1. The number of carbonyl (C=O) groups is 1. The van der Waals surface area contributed by atoms with Crippen LogP contribution in [-0.2, 0) is 0 Å². The summed E-state index contributed by atoms with van der Waals surface area (Å²) in [6, 6.07) is 10.5. The Morgan fingerprint density at radius 2 is 2.00 bits per heavy atom. The minimum atomic E-state index is -0.175. The van der Waals surface area contributed by atoms with Crippen molar-refractivity contribution >= 4 is 44.8 Å². The summed E-state index contributed by atoms with van der Waals surface area (Å²) >= 11 is 9.28. The standard InChI is InChI=1S/C14H12BrClN2O/c1-8-6-9(15)2-4-11(8)14(19)18-10-3-5-13(17)12(16)7-10/h2-7H,17H2,1H3,(H,18,19). The van der Waals surface area contributed by atoms with Crippen LogP contribution in [0.15, 0.2) is 40.9 Å². The van der Waals surface area contributed by atoms with Crippen molar-refractivity contribution in [3.8, 4) is 0 Å². The Morgan fingerprint density at radius 1 is 1.26 bits per heavy atom. The van der Waals surface area contributed by atoms with Crippen LogP contribution in [0.25, 0.3) is 0 Å². The van der Waals surface area contributed by atoms with E-state index in [0.29, 0.717) is 22.0 Å². The first kappa shape index (κ1) is 13.9. The van der Waals surface area contributed by atoms with Crippen LogP contribution in [-0.4, -0.2) is 5.91 Å². The lowest BCUT2D eigenvalue weighted by Gasteiger charge is -2.09. The van der Waals surface area contributed by atoms with Crippen molar-refractivity contribution in [1.29, 1.82) is 0 Å². The predicted molar refractivity (Wildman–Crippen MR) is 82.7 cm³/mol. The number of carbonyl (C=O) groups excluding carboxylic acids is 1. The molecular weight excluding hydrogens is 328 g/mol. The number of amides is 1. The molecule has 0 spiro atoms. The molecule has 0 heterocycles. The molecule has 0 saturated heterocycles. The Balaban J connectivity index is 2.23. The molecule has 2 rings (SSSR count). The first-order valence-corrected chi connectivity index (χ1v) is 6.77. The number of hydrogen-bond donors (Lipinski definition) is 2. The summed E-state index contributed by atoms with van der Waals surface area (Å²) in [6.07, 6.45) is 0. The quantitative estimate of drug-likeness (QED) is 0.804. The SMILES string of the molecule is Cc1cc(Br)ccc1C(=O)Nc1ccc(N)c(Cl)c1. The van der Waals surface area contributed by atoms with Crippen molar-refractivity contribution in [3.63, 3.8) is 0 Å². The molecule has 0 aliphatic heterocycles. The summed E-state index contributed by atoms with van der Waals surface area (Å²) in [4.78, 5) is 12.1. The van der Waals surface area contributed by atoms with Crippen LogP contribution in [0.1, 0.15) is 15.9 Å². The average molecular weight is 340 g/mol. The van der Waals surface area contributed by atoms with Gasteiger partial charge in [0.15, 0.2) is 0 Å². The molecule has 2 aromatic rings. The number of nitrogens with two attached hydrogens (primary N) is 1. The summed E-state index contributed by atoms with van der Waals surface area (Å²) < 4.78 is 0.942. The van der Waals surface area contributed by atoms with Crippen LogP contribution < -0.4 is 11.1 Å². The summed E-state index contributed by atoms with van der Waals surface area (Å²) in [5.74, 6) is -0.175. The predicted octanol–water partition coefficient (Wildman–Crippen LogP) is 4.25. The number of aryl methyl sites for hydroxylation is 1. The van der Waals surface area contributed by atoms with Crippen molar-refractivity contribution in [2.24, 2.45) is 0 Å². The lowest BCUT2D eigenvalue weighted by Crippen LogP contribution is -2.13. The lowest BCUT2D eigenvalue weighted by atomic mass is 10.1. The monoisotopic (exact) mass is 338 g/mol. The normalized spacial score (nSPS) is 10.3. The Kier molecular flexibility index (Phi) is 4.12. The molecule has 3 nitrogen and oxygen atoms in total. The number of nitrogens with one attached hydrogen (secondary N) is 1. The van der Waals surface area contributed by atoms with E-state index in [2.05, 4.69) is 21.2 Å². The molecule has 0 aromatic heterocycles. The molecule has 0 aliphatic rings. The lowest BCUT2D eigenvalue weighted by molar-refractivity contribution is 0.102. The second-order valence-corrected chi connectivity index (χ2v) is 5.47. The Bertz CT molecular complexity index is 643. The third-order valence-electron chi connectivity index (χ3n) is 2.69. The van der Waals surface area contributed by atoms with Gasteiger partial charge in [0.1, 0.15) is 0 Å². The van der Waals surface area contributed by atoms with E-state index in [1.54, 1.807) is 24.3 Å². The second-order valence-electron chi connectivity index (χ2n) is 4.15. The molecule has 0 bridgehead atoms. The molecular formula is C14H12BrClN2O. The van der Waals surface area contributed by atoms with E-state index in [-0.39, 0.29) is 5.91 Å². The Labute approximate surface area is 124 Å². The molecule has 0 fully saturated rings. The van der Waals surface area contributed by atoms with E-state index < -0.39 is 0 Å². The van der Waals surface area contributed by atoms with Gasteiger partial charge in [0.05, 0.1) is 10.7 Å². The second kappa shape index (κ2) is 5.63. The van der Waals surface area contributed by atoms with Gasteiger partial charge in [-0.05, 0) is 48.9 Å². The summed E-state index contributed by atoms with van der Waals surface area (Å²) in [5, 5.41) is 3.21. The molecule has 19 heavy (non-hydrogen) atoms. The zero-order valence-corrected chi connectivity index (χ0v) is 12.5. The van der Waals surface area contributed by atoms with Gasteiger partial charge >= 0.3 is 0 Å². The fourth-order valence-corrected chi connectivity index (χ4v) is 2.34. The van der Waals surface area contributed by atoms with Crippen molar-refractivity contribution < 1.29 is 4.79 Å². The van der Waals surface area contributed by atoms with E-state index in [1.807, 2.05) is 19.1 Å². The Morgan fingerprint density at radius 3 is 2.63 bits per heavy atom. The molecule has 0 radical (unpaired) electrons. The molecule has 1 amide bonds. The van der Waals surface area contributed by atoms with Crippen LogP contribution in [0.2, 0.25) is 5.02 Å². The summed E-state index contributed by atoms with van der Waals surface area (Å²) in [5.41, 5.74) is 8.24. The van der Waals surface area contributed by atoms with Gasteiger partial charge in [-0.15, -0.1) is 0 Å². The molecule has 0 aliphatic carbocycles. The Hall–Kier alpha value is -1.52. The highest BCUT2D eigenvalue weighted by atomic mass is 79.9. The zero-order chi connectivity index (χ0) is 14.0. The molecule has 2 aromatic carbocycles. The molecule has 0 atom stereocenters. The molecule has 3 N–H and O–H groups in total. The topological polar surface area (TPSA) is 55.1 Å². The van der Waals surface area contributed by atoms with Crippen LogP contribution in [0.3, 0.4) is 0 Å². The van der Waals surface area contributed by atoms with Crippen molar-refractivity contribution in [3.05, 3.63) is 57.0 Å². The third kappa shape index (κ3) is 3.28. The molecule has 0 saturated carbocycles. The molecule has 5 heteroatoms. The van der Waals surface area contributed by atoms with Crippen molar-refractivity contribution in [2.75, 3.05) is 11.1 Å². The summed E-state index contributed by atoms with van der Waals surface area (Å²) in [7, 11) is 0. The van der Waals surface area contributed by atoms with Crippen LogP contribution in [0, 0.1) is 6.92 Å². The van der Waals surface area contributed by atoms with Crippen LogP contribution in [0.4, 0.5) is 11.4 Å². The van der Waals surface area contributed by atoms with Gasteiger partial charge in [-0.2, -0.15) is 0 Å². The number of halogens is 2. The van der Waals surface area contributed by atoms with Gasteiger partial charge in [0.25, 0.3) is 5.91 Å². The highest BCUT2D eigenvalue weighted by Crippen LogP contribution is 2.23. The number of benzene rings is 2. The minimum Gasteiger partial charge on any atom is -0.398 e. The van der Waals surface area contributed by atoms with E-state index in [4.69, 9.17) is 17.3 Å². The minimum absolute atomic E-state index is 0.175. The highest BCUT2D eigenvalue weighted by Gasteiger charge is 2.10. The number of nitrogen functional groups attached to an aromatic ring is 1. The van der Waals surface area contributed by atoms with Gasteiger partial charge in [-0.25, -0.2) is 0 Å². The smallest absolute Gasteiger partial charge is 0.255 e. The maximum absolute atomic E-state index is 12.1. The van der Waals surface area contributed by atoms with E-state index in [0.717, 1.165) is 10.0 Å². The molecule has 98 valence electrons. The van der Waals surface area contributed by atoms with Crippen molar-refractivity contribution in [1.82, 2.24) is 0 Å². The average Bonchev–Trinajstić information content (AvgIpc) is 2.33. The maximum Gasteiger partial charge on any atom is 0.255 e. The highest BCUT2D eigenvalue weighted by molar-refractivity contribution is 9.10. The zero-order valence-electron chi connectivity index (χ0n) is 10.2. The van der Waals surface area contributed by atoms with Gasteiger partial charge < -0.3 is 11.1 Å². The van der Waals surface area contributed by atoms with E-state index >= 15 is 0 Å². The number of rotatable bonds is 2. The fraction of sp³-hybridized carbons (Fsp3) is 0.0714. The van der Waals surface area contributed by atoms with Crippen LogP contribution in [0.5, 0.6) is 0 Å². The third-order valence-corrected chi connectivity index (χ3v) is 3.51.